The Hall–Kier alpha value is -4.56. The summed E-state index contributed by atoms with van der Waals surface area (Å²) in [7, 11) is 2.83. The number of hydrogen-bond donors (Lipinski definition) is 1. The molecule has 0 aromatic carbocycles. The molecular weight excluding hydrogens is 519 g/mol. The number of carbonyl (C=O) groups excluding carboxylic acids is 1. The summed E-state index contributed by atoms with van der Waals surface area (Å²) in [6.45, 7) is 1.79. The lowest BCUT2D eigenvalue weighted by Gasteiger charge is -2.26. The second-order valence-electron chi connectivity index (χ2n) is 9.27. The normalized spacial score (nSPS) is 16.6. The fraction of sp³-hybridized carbons (Fsp3) is 0.375. The van der Waals surface area contributed by atoms with Gasteiger partial charge in [0.05, 0.1) is 12.0 Å². The van der Waals surface area contributed by atoms with Crippen LogP contribution in [-0.4, -0.2) is 58.3 Å². The maximum atomic E-state index is 13.3. The van der Waals surface area contributed by atoms with Crippen molar-refractivity contribution in [3.63, 3.8) is 0 Å². The molecule has 4 aromatic heterocycles. The summed E-state index contributed by atoms with van der Waals surface area (Å²) >= 11 is 0. The van der Waals surface area contributed by atoms with E-state index in [4.69, 9.17) is 0 Å². The first-order valence-corrected chi connectivity index (χ1v) is 12.0. The predicted octanol–water partition coefficient (Wildman–Crippen LogP) is 2.02. The van der Waals surface area contributed by atoms with Crippen molar-refractivity contribution in [2.24, 2.45) is 14.1 Å². The Morgan fingerprint density at radius 2 is 1.82 bits per heavy atom. The van der Waals surface area contributed by atoms with E-state index >= 15 is 0 Å². The van der Waals surface area contributed by atoms with Gasteiger partial charge < -0.3 is 14.8 Å². The molecule has 1 unspecified atom stereocenters. The second-order valence-corrected chi connectivity index (χ2v) is 9.27. The highest BCUT2D eigenvalue weighted by Crippen LogP contribution is 2.34. The molecule has 5 heterocycles. The maximum absolute atomic E-state index is 13.3. The van der Waals surface area contributed by atoms with Crippen LogP contribution in [0.1, 0.15) is 25.8 Å². The van der Waals surface area contributed by atoms with Gasteiger partial charge in [-0.1, -0.05) is 6.07 Å². The lowest BCUT2D eigenvalue weighted by molar-refractivity contribution is -0.146. The molecule has 4 aromatic rings. The van der Waals surface area contributed by atoms with Crippen LogP contribution >= 0.6 is 0 Å². The number of aromatic nitrogens is 7. The van der Waals surface area contributed by atoms with E-state index in [1.54, 1.807) is 25.1 Å². The molecule has 0 radical (unpaired) electrons. The number of aryl methyl sites for hydroxylation is 1. The van der Waals surface area contributed by atoms with Gasteiger partial charge in [0.2, 0.25) is 11.9 Å². The number of pyridine rings is 1. The molecule has 1 N–H and O–H groups in total. The predicted molar refractivity (Wildman–Crippen MR) is 135 cm³/mol. The topological polar surface area (TPSA) is 133 Å². The maximum Gasteiger partial charge on any atom is 0.408 e. The summed E-state index contributed by atoms with van der Waals surface area (Å²) < 4.78 is 43.5. The molecule has 39 heavy (non-hydrogen) atoms. The number of anilines is 2. The van der Waals surface area contributed by atoms with Gasteiger partial charge in [-0.05, 0) is 31.9 Å². The van der Waals surface area contributed by atoms with Gasteiger partial charge in [0.25, 0.3) is 5.56 Å². The van der Waals surface area contributed by atoms with Crippen LogP contribution < -0.4 is 21.5 Å². The molecule has 0 bridgehead atoms. The van der Waals surface area contributed by atoms with Gasteiger partial charge in [-0.3, -0.25) is 18.7 Å². The Kier molecular flexibility index (Phi) is 6.44. The van der Waals surface area contributed by atoms with Crippen molar-refractivity contribution in [2.45, 2.75) is 38.0 Å². The van der Waals surface area contributed by atoms with Crippen LogP contribution in [0.5, 0.6) is 0 Å². The van der Waals surface area contributed by atoms with Gasteiger partial charge in [-0.15, -0.1) is 0 Å². The average molecular weight is 544 g/mol. The fourth-order valence-electron chi connectivity index (χ4n) is 4.63. The van der Waals surface area contributed by atoms with Gasteiger partial charge in [-0.2, -0.15) is 13.2 Å². The molecule has 2 atom stereocenters. The van der Waals surface area contributed by atoms with Crippen molar-refractivity contribution < 1.29 is 18.0 Å². The van der Waals surface area contributed by atoms with Gasteiger partial charge in [0, 0.05) is 38.6 Å². The number of nitrogens with zero attached hydrogens (tertiary/aromatic N) is 8. The first-order valence-electron chi connectivity index (χ1n) is 12.0. The number of imidazole rings is 1. The smallest absolute Gasteiger partial charge is 0.329 e. The molecule has 0 spiro atoms. The Balaban J connectivity index is 1.35. The SMILES string of the molecule is C[C@@H](C(=O)Nc1cccc(-c2cnc(N3CCCC3C(F)(F)F)nc2)n1)n1cnc2c1c(=O)n(C)c(=O)n2C. The molecule has 0 aliphatic carbocycles. The van der Waals surface area contributed by atoms with Crippen LogP contribution in [0, 0.1) is 0 Å². The summed E-state index contributed by atoms with van der Waals surface area (Å²) in [6, 6.07) is 2.37. The Labute approximate surface area is 218 Å². The third-order valence-electron chi connectivity index (χ3n) is 6.79. The third-order valence-corrected chi connectivity index (χ3v) is 6.79. The molecule has 5 rings (SSSR count). The Bertz CT molecular complexity index is 1670. The lowest BCUT2D eigenvalue weighted by atomic mass is 10.2. The number of carbonyl (C=O) groups is 1. The third kappa shape index (κ3) is 4.64. The molecule has 1 fully saturated rings. The van der Waals surface area contributed by atoms with Crippen LogP contribution in [0.25, 0.3) is 22.4 Å². The van der Waals surface area contributed by atoms with E-state index in [9.17, 15) is 27.6 Å². The van der Waals surface area contributed by atoms with Crippen LogP contribution in [0.2, 0.25) is 0 Å². The van der Waals surface area contributed by atoms with Crippen LogP contribution in [0.4, 0.5) is 24.9 Å². The van der Waals surface area contributed by atoms with Crippen molar-refractivity contribution in [1.29, 1.82) is 0 Å². The molecule has 15 heteroatoms. The van der Waals surface area contributed by atoms with Crippen molar-refractivity contribution in [2.75, 3.05) is 16.8 Å². The number of alkyl halides is 3. The summed E-state index contributed by atoms with van der Waals surface area (Å²) in [5.41, 5.74) is -0.0000287. The Morgan fingerprint density at radius 3 is 2.51 bits per heavy atom. The van der Waals surface area contributed by atoms with Gasteiger partial charge in [0.15, 0.2) is 11.2 Å². The van der Waals surface area contributed by atoms with Crippen LogP contribution in [0.3, 0.4) is 0 Å². The largest absolute Gasteiger partial charge is 0.408 e. The zero-order valence-corrected chi connectivity index (χ0v) is 21.2. The first kappa shape index (κ1) is 26.1. The Morgan fingerprint density at radius 1 is 1.10 bits per heavy atom. The number of halogens is 3. The molecule has 1 saturated heterocycles. The van der Waals surface area contributed by atoms with Crippen LogP contribution in [-0.2, 0) is 18.9 Å². The summed E-state index contributed by atoms with van der Waals surface area (Å²) in [5, 5.41) is 2.69. The van der Waals surface area contributed by atoms with Crippen molar-refractivity contribution >= 4 is 28.8 Å². The van der Waals surface area contributed by atoms with E-state index in [2.05, 4.69) is 25.3 Å². The van der Waals surface area contributed by atoms with Gasteiger partial charge in [0.1, 0.15) is 17.9 Å². The molecular formula is C24H24F3N9O3. The van der Waals surface area contributed by atoms with E-state index in [1.165, 1.54) is 42.0 Å². The molecule has 12 nitrogen and oxygen atoms in total. The fourth-order valence-corrected chi connectivity index (χ4v) is 4.63. The highest BCUT2D eigenvalue weighted by atomic mass is 19.4. The minimum Gasteiger partial charge on any atom is -0.329 e. The average Bonchev–Trinajstić information content (AvgIpc) is 3.59. The minimum atomic E-state index is -4.36. The van der Waals surface area contributed by atoms with E-state index in [0.717, 1.165) is 9.47 Å². The first-order chi connectivity index (χ1) is 18.5. The number of rotatable bonds is 5. The zero-order chi connectivity index (χ0) is 28.1. The number of amides is 1. The minimum absolute atomic E-state index is 0.00209. The van der Waals surface area contributed by atoms with Crippen molar-refractivity contribution in [3.05, 3.63) is 57.8 Å². The van der Waals surface area contributed by atoms with E-state index in [0.29, 0.717) is 17.7 Å². The van der Waals surface area contributed by atoms with Gasteiger partial charge in [-0.25, -0.2) is 24.7 Å². The van der Waals surface area contributed by atoms with E-state index in [1.807, 2.05) is 0 Å². The number of hydrogen-bond acceptors (Lipinski definition) is 8. The lowest BCUT2D eigenvalue weighted by Crippen LogP contribution is -2.42. The van der Waals surface area contributed by atoms with E-state index < -0.39 is 35.4 Å². The summed E-state index contributed by atoms with van der Waals surface area (Å²) in [5.74, 6) is -0.295. The standard InChI is InChI=1S/C24H24F3N9O3/c1-13(36-12-30-19-18(36)21(38)34(3)23(39)33(19)2)20(37)32-17-8-4-6-15(31-17)14-10-28-22(29-11-14)35-9-5-7-16(35)24(25,26)27/h4,6,8,10-13,16H,5,7,9H2,1-3H3,(H,31,32,37)/t13-,16?/m0/s1. The van der Waals surface area contributed by atoms with Crippen molar-refractivity contribution in [3.8, 4) is 11.3 Å². The number of nitrogens with one attached hydrogen (secondary N) is 1. The van der Waals surface area contributed by atoms with Crippen LogP contribution in [0.15, 0.2) is 46.5 Å². The zero-order valence-electron chi connectivity index (χ0n) is 21.2. The monoisotopic (exact) mass is 543 g/mol. The molecule has 1 amide bonds. The van der Waals surface area contributed by atoms with Crippen molar-refractivity contribution in [1.82, 2.24) is 33.6 Å². The summed E-state index contributed by atoms with van der Waals surface area (Å²) in [6.07, 6.45) is 0.139. The highest BCUT2D eigenvalue weighted by Gasteiger charge is 2.46. The summed E-state index contributed by atoms with van der Waals surface area (Å²) in [4.78, 5) is 55.9. The quantitative estimate of drug-likeness (QED) is 0.404. The highest BCUT2D eigenvalue weighted by molar-refractivity contribution is 5.93. The van der Waals surface area contributed by atoms with E-state index in [-0.39, 0.29) is 35.9 Å². The number of fused-ring (bicyclic) bond motifs is 1. The molecule has 0 saturated carbocycles. The molecule has 1 aliphatic heterocycles. The molecule has 1 aliphatic rings. The molecule has 204 valence electrons. The second kappa shape index (κ2) is 9.63. The van der Waals surface area contributed by atoms with Gasteiger partial charge >= 0.3 is 11.9 Å².